The Balaban J connectivity index is 2.16. The first-order chi connectivity index (χ1) is 6.75. The van der Waals surface area contributed by atoms with E-state index in [0.717, 1.165) is 11.3 Å². The standard InChI is InChI=1S/C11H11FN2/c1-6-5-7(6)11-13-9-4-2-3-8(12)10(9)14-11/h2-4,6-7H,5H2,1H3,(H,13,14). The lowest BCUT2D eigenvalue weighted by Gasteiger charge is -1.87. The van der Waals surface area contributed by atoms with E-state index in [1.54, 1.807) is 6.07 Å². The van der Waals surface area contributed by atoms with E-state index < -0.39 is 0 Å². The zero-order valence-electron chi connectivity index (χ0n) is 7.92. The second-order valence-corrected chi connectivity index (χ2v) is 4.08. The van der Waals surface area contributed by atoms with Crippen LogP contribution in [0.2, 0.25) is 0 Å². The second-order valence-electron chi connectivity index (χ2n) is 4.08. The first-order valence-electron chi connectivity index (χ1n) is 4.90. The summed E-state index contributed by atoms with van der Waals surface area (Å²) in [6, 6.07) is 5.02. The van der Waals surface area contributed by atoms with Crippen LogP contribution in [-0.2, 0) is 0 Å². The highest BCUT2D eigenvalue weighted by Crippen LogP contribution is 2.45. The SMILES string of the molecule is CC1CC1c1nc2c(F)cccc2[nH]1. The van der Waals surface area contributed by atoms with Crippen molar-refractivity contribution in [1.82, 2.24) is 9.97 Å². The van der Waals surface area contributed by atoms with E-state index in [-0.39, 0.29) is 5.82 Å². The van der Waals surface area contributed by atoms with Crippen LogP contribution in [0.5, 0.6) is 0 Å². The predicted molar refractivity (Wildman–Crippen MR) is 52.6 cm³/mol. The van der Waals surface area contributed by atoms with E-state index in [1.807, 2.05) is 6.07 Å². The van der Waals surface area contributed by atoms with Gasteiger partial charge >= 0.3 is 0 Å². The molecule has 2 aromatic rings. The largest absolute Gasteiger partial charge is 0.342 e. The number of hydrogen-bond donors (Lipinski definition) is 1. The molecule has 1 heterocycles. The lowest BCUT2D eigenvalue weighted by molar-refractivity contribution is 0.637. The number of halogens is 1. The van der Waals surface area contributed by atoms with Gasteiger partial charge in [0.25, 0.3) is 0 Å². The lowest BCUT2D eigenvalue weighted by atomic mass is 10.3. The number of fused-ring (bicyclic) bond motifs is 1. The van der Waals surface area contributed by atoms with Crippen LogP contribution >= 0.6 is 0 Å². The van der Waals surface area contributed by atoms with Crippen molar-refractivity contribution in [3.63, 3.8) is 0 Å². The minimum absolute atomic E-state index is 0.238. The highest BCUT2D eigenvalue weighted by molar-refractivity contribution is 5.75. The van der Waals surface area contributed by atoms with Gasteiger partial charge in [0.05, 0.1) is 5.52 Å². The fourth-order valence-electron chi connectivity index (χ4n) is 1.89. The Kier molecular flexibility index (Phi) is 1.46. The quantitative estimate of drug-likeness (QED) is 0.736. The van der Waals surface area contributed by atoms with Crippen LogP contribution in [0.25, 0.3) is 11.0 Å². The molecular weight excluding hydrogens is 179 g/mol. The Morgan fingerprint density at radius 3 is 2.93 bits per heavy atom. The zero-order valence-corrected chi connectivity index (χ0v) is 7.92. The van der Waals surface area contributed by atoms with E-state index in [2.05, 4.69) is 16.9 Å². The van der Waals surface area contributed by atoms with Gasteiger partial charge in [-0.3, -0.25) is 0 Å². The number of hydrogen-bond acceptors (Lipinski definition) is 1. The molecule has 1 saturated carbocycles. The lowest BCUT2D eigenvalue weighted by Crippen LogP contribution is -1.83. The molecule has 2 nitrogen and oxygen atoms in total. The van der Waals surface area contributed by atoms with Gasteiger partial charge in [-0.1, -0.05) is 13.0 Å². The Hall–Kier alpha value is -1.38. The van der Waals surface area contributed by atoms with E-state index in [9.17, 15) is 4.39 Å². The first-order valence-corrected chi connectivity index (χ1v) is 4.90. The first kappa shape index (κ1) is 7.97. The van der Waals surface area contributed by atoms with Crippen molar-refractivity contribution < 1.29 is 4.39 Å². The van der Waals surface area contributed by atoms with Crippen molar-refractivity contribution in [1.29, 1.82) is 0 Å². The summed E-state index contributed by atoms with van der Waals surface area (Å²) < 4.78 is 13.3. The summed E-state index contributed by atoms with van der Waals surface area (Å²) in [5, 5.41) is 0. The van der Waals surface area contributed by atoms with Crippen molar-refractivity contribution in [2.45, 2.75) is 19.3 Å². The summed E-state index contributed by atoms with van der Waals surface area (Å²) in [6.07, 6.45) is 1.17. The molecule has 2 unspecified atom stereocenters. The molecule has 1 fully saturated rings. The van der Waals surface area contributed by atoms with Gasteiger partial charge in [0, 0.05) is 5.92 Å². The fraction of sp³-hybridized carbons (Fsp3) is 0.364. The number of H-pyrrole nitrogens is 1. The molecule has 0 spiro atoms. The fourth-order valence-corrected chi connectivity index (χ4v) is 1.89. The Labute approximate surface area is 81.2 Å². The van der Waals surface area contributed by atoms with Gasteiger partial charge in [-0.05, 0) is 24.5 Å². The summed E-state index contributed by atoms with van der Waals surface area (Å²) in [7, 11) is 0. The van der Waals surface area contributed by atoms with E-state index in [4.69, 9.17) is 0 Å². The van der Waals surface area contributed by atoms with Crippen LogP contribution in [0.3, 0.4) is 0 Å². The molecule has 72 valence electrons. The molecule has 3 rings (SSSR count). The maximum atomic E-state index is 13.3. The van der Waals surface area contributed by atoms with Gasteiger partial charge in [-0.2, -0.15) is 0 Å². The van der Waals surface area contributed by atoms with Crippen LogP contribution in [0.1, 0.15) is 25.1 Å². The van der Waals surface area contributed by atoms with Gasteiger partial charge in [0.2, 0.25) is 0 Å². The minimum Gasteiger partial charge on any atom is -0.342 e. The van der Waals surface area contributed by atoms with Crippen LogP contribution in [0.4, 0.5) is 4.39 Å². The molecule has 1 aliphatic rings. The summed E-state index contributed by atoms with van der Waals surface area (Å²) in [5.74, 6) is 1.91. The second kappa shape index (κ2) is 2.56. The van der Waals surface area contributed by atoms with Gasteiger partial charge < -0.3 is 4.98 Å². The summed E-state index contributed by atoms with van der Waals surface area (Å²) in [4.78, 5) is 7.47. The number of imidazole rings is 1. The Bertz CT molecular complexity index is 489. The minimum atomic E-state index is -0.238. The average molecular weight is 190 g/mol. The molecule has 2 atom stereocenters. The number of nitrogens with one attached hydrogen (secondary N) is 1. The third-order valence-electron chi connectivity index (χ3n) is 2.94. The van der Waals surface area contributed by atoms with Gasteiger partial charge in [0.15, 0.2) is 5.82 Å². The molecule has 1 N–H and O–H groups in total. The monoisotopic (exact) mass is 190 g/mol. The summed E-state index contributed by atoms with van der Waals surface area (Å²) in [6.45, 7) is 2.19. The van der Waals surface area contributed by atoms with Gasteiger partial charge in [-0.25, -0.2) is 9.37 Å². The van der Waals surface area contributed by atoms with E-state index >= 15 is 0 Å². The highest BCUT2D eigenvalue weighted by atomic mass is 19.1. The molecule has 0 bridgehead atoms. The maximum Gasteiger partial charge on any atom is 0.151 e. The highest BCUT2D eigenvalue weighted by Gasteiger charge is 2.36. The van der Waals surface area contributed by atoms with Crippen LogP contribution in [0.15, 0.2) is 18.2 Å². The van der Waals surface area contributed by atoms with Crippen molar-refractivity contribution in [3.05, 3.63) is 29.8 Å². The number of aromatic amines is 1. The Morgan fingerprint density at radius 1 is 1.50 bits per heavy atom. The van der Waals surface area contributed by atoms with Gasteiger partial charge in [0.1, 0.15) is 11.3 Å². The molecule has 1 aromatic carbocycles. The zero-order chi connectivity index (χ0) is 9.71. The number of benzene rings is 1. The topological polar surface area (TPSA) is 28.7 Å². The smallest absolute Gasteiger partial charge is 0.151 e. The van der Waals surface area contributed by atoms with E-state index in [1.165, 1.54) is 12.5 Å². The molecular formula is C11H11FN2. The average Bonchev–Trinajstić information content (AvgIpc) is 2.75. The molecule has 1 aromatic heterocycles. The molecule has 3 heteroatoms. The van der Waals surface area contributed by atoms with Crippen molar-refractivity contribution in [2.75, 3.05) is 0 Å². The van der Waals surface area contributed by atoms with Crippen molar-refractivity contribution in [2.24, 2.45) is 5.92 Å². The molecule has 1 aliphatic carbocycles. The molecule has 14 heavy (non-hydrogen) atoms. The van der Waals surface area contributed by atoms with Gasteiger partial charge in [-0.15, -0.1) is 0 Å². The van der Waals surface area contributed by atoms with Crippen LogP contribution in [0, 0.1) is 11.7 Å². The van der Waals surface area contributed by atoms with Crippen molar-refractivity contribution in [3.8, 4) is 0 Å². The normalized spacial score (nSPS) is 25.6. The molecule has 0 aliphatic heterocycles. The van der Waals surface area contributed by atoms with Crippen molar-refractivity contribution >= 4 is 11.0 Å². The summed E-state index contributed by atoms with van der Waals surface area (Å²) in [5.41, 5.74) is 1.28. The molecule has 0 radical (unpaired) electrons. The molecule has 0 amide bonds. The summed E-state index contributed by atoms with van der Waals surface area (Å²) >= 11 is 0. The maximum absolute atomic E-state index is 13.3. The number of para-hydroxylation sites is 1. The molecule has 0 saturated heterocycles. The van der Waals surface area contributed by atoms with Crippen LogP contribution < -0.4 is 0 Å². The third kappa shape index (κ3) is 1.05. The third-order valence-corrected chi connectivity index (χ3v) is 2.94. The van der Waals surface area contributed by atoms with E-state index in [0.29, 0.717) is 17.4 Å². The number of aromatic nitrogens is 2. The predicted octanol–water partition coefficient (Wildman–Crippen LogP) is 2.83. The van der Waals surface area contributed by atoms with Crippen LogP contribution in [-0.4, -0.2) is 9.97 Å². The Morgan fingerprint density at radius 2 is 2.29 bits per heavy atom. The number of nitrogens with zero attached hydrogens (tertiary/aromatic N) is 1. The number of rotatable bonds is 1.